The largest absolute Gasteiger partial charge is 0.309 e. The quantitative estimate of drug-likeness (QED) is 0.746. The summed E-state index contributed by atoms with van der Waals surface area (Å²) in [5, 5.41) is 0. The first kappa shape index (κ1) is 17.9. The predicted molar refractivity (Wildman–Crippen MR) is 97.6 cm³/mol. The number of anilines is 1. The van der Waals surface area contributed by atoms with Crippen molar-refractivity contribution < 1.29 is 13.2 Å². The maximum Gasteiger partial charge on any atom is 0.244 e. The summed E-state index contributed by atoms with van der Waals surface area (Å²) >= 11 is 3.44. The third kappa shape index (κ3) is 3.02. The summed E-state index contributed by atoms with van der Waals surface area (Å²) in [6, 6.07) is 3.57. The molecule has 1 aromatic rings. The van der Waals surface area contributed by atoms with Gasteiger partial charge in [-0.15, -0.1) is 0 Å². The molecule has 5 nitrogen and oxygen atoms in total. The molecule has 0 unspecified atom stereocenters. The average Bonchev–Trinajstić information content (AvgIpc) is 2.81. The highest BCUT2D eigenvalue weighted by Gasteiger charge is 2.35. The number of piperidine rings is 1. The molecule has 0 N–H and O–H groups in total. The number of hydrogen-bond acceptors (Lipinski definition) is 3. The number of carbonyl (C=O) groups is 1. The summed E-state index contributed by atoms with van der Waals surface area (Å²) in [6.45, 7) is 6.70. The third-order valence-electron chi connectivity index (χ3n) is 4.93. The molecular weight excluding hydrogens is 392 g/mol. The van der Waals surface area contributed by atoms with Crippen molar-refractivity contribution in [1.82, 2.24) is 4.31 Å². The normalized spacial score (nSPS) is 24.9. The molecule has 0 aliphatic carbocycles. The molecule has 0 radical (unpaired) electrons. The smallest absolute Gasteiger partial charge is 0.244 e. The monoisotopic (exact) mass is 414 g/mol. The van der Waals surface area contributed by atoms with E-state index in [1.165, 1.54) is 6.92 Å². The summed E-state index contributed by atoms with van der Waals surface area (Å²) in [7, 11) is -3.57. The molecular formula is C17H23BrN2O3S. The van der Waals surface area contributed by atoms with Gasteiger partial charge in [0.1, 0.15) is 0 Å². The van der Waals surface area contributed by atoms with Crippen molar-refractivity contribution in [3.05, 3.63) is 22.2 Å². The van der Waals surface area contributed by atoms with E-state index in [1.54, 1.807) is 15.3 Å². The van der Waals surface area contributed by atoms with Crippen molar-refractivity contribution in [3.8, 4) is 0 Å². The predicted octanol–water partition coefficient (Wildman–Crippen LogP) is 3.17. The van der Waals surface area contributed by atoms with Crippen LogP contribution < -0.4 is 4.90 Å². The Morgan fingerprint density at radius 1 is 1.29 bits per heavy atom. The van der Waals surface area contributed by atoms with E-state index in [1.807, 2.05) is 13.0 Å². The standard InChI is InChI=1S/C17H23BrN2O3S/c1-11-5-4-6-19(10-11)24(22,23)17-9-16-14(8-15(17)18)7-12(2)20(16)13(3)21/h8-9,11-12H,4-7,10H2,1-3H3/t11-,12+/m1/s1. The fraction of sp³-hybridized carbons (Fsp3) is 0.588. The van der Waals surface area contributed by atoms with Crippen LogP contribution in [0.5, 0.6) is 0 Å². The van der Waals surface area contributed by atoms with Crippen molar-refractivity contribution in [3.63, 3.8) is 0 Å². The molecule has 0 saturated carbocycles. The molecule has 7 heteroatoms. The number of sulfonamides is 1. The van der Waals surface area contributed by atoms with Gasteiger partial charge >= 0.3 is 0 Å². The third-order valence-corrected chi connectivity index (χ3v) is 7.75. The van der Waals surface area contributed by atoms with Gasteiger partial charge in [-0.25, -0.2) is 8.42 Å². The minimum Gasteiger partial charge on any atom is -0.309 e. The Morgan fingerprint density at radius 2 is 2.00 bits per heavy atom. The number of nitrogens with zero attached hydrogens (tertiary/aromatic N) is 2. The molecule has 1 saturated heterocycles. The van der Waals surface area contributed by atoms with E-state index >= 15 is 0 Å². The van der Waals surface area contributed by atoms with Gasteiger partial charge in [-0.3, -0.25) is 4.79 Å². The number of amides is 1. The second-order valence-electron chi connectivity index (χ2n) is 6.96. The Kier molecular flexibility index (Phi) is 4.79. The number of fused-ring (bicyclic) bond motifs is 1. The number of carbonyl (C=O) groups excluding carboxylic acids is 1. The van der Waals surface area contributed by atoms with Crippen LogP contribution in [0.4, 0.5) is 5.69 Å². The lowest BCUT2D eigenvalue weighted by Gasteiger charge is -2.30. The Balaban J connectivity index is 2.05. The highest BCUT2D eigenvalue weighted by molar-refractivity contribution is 9.10. The molecule has 1 amide bonds. The number of rotatable bonds is 2. The van der Waals surface area contributed by atoms with Crippen LogP contribution in [0.15, 0.2) is 21.5 Å². The second-order valence-corrected chi connectivity index (χ2v) is 9.72. The molecule has 2 atom stereocenters. The molecule has 0 bridgehead atoms. The maximum atomic E-state index is 13.1. The lowest BCUT2D eigenvalue weighted by molar-refractivity contribution is -0.116. The van der Waals surface area contributed by atoms with Gasteiger partial charge in [0.2, 0.25) is 15.9 Å². The van der Waals surface area contributed by atoms with Crippen LogP contribution >= 0.6 is 15.9 Å². The highest BCUT2D eigenvalue weighted by Crippen LogP contribution is 2.39. The van der Waals surface area contributed by atoms with Crippen molar-refractivity contribution in [2.24, 2.45) is 5.92 Å². The second kappa shape index (κ2) is 6.42. The van der Waals surface area contributed by atoms with E-state index in [9.17, 15) is 13.2 Å². The molecule has 132 valence electrons. The Labute approximate surface area is 152 Å². The first-order valence-electron chi connectivity index (χ1n) is 8.34. The average molecular weight is 415 g/mol. The van der Waals surface area contributed by atoms with Gasteiger partial charge in [0, 0.05) is 36.2 Å². The molecule has 1 aromatic carbocycles. The molecule has 0 aromatic heterocycles. The Morgan fingerprint density at radius 3 is 2.62 bits per heavy atom. The van der Waals surface area contributed by atoms with E-state index in [0.29, 0.717) is 23.5 Å². The van der Waals surface area contributed by atoms with Crippen LogP contribution in [0.3, 0.4) is 0 Å². The lowest BCUT2D eigenvalue weighted by atomic mass is 10.0. The van der Waals surface area contributed by atoms with E-state index in [2.05, 4.69) is 22.9 Å². The number of halogens is 1. The van der Waals surface area contributed by atoms with Gasteiger partial charge in [-0.05, 0) is 65.7 Å². The summed E-state index contributed by atoms with van der Waals surface area (Å²) in [5.41, 5.74) is 1.73. The van der Waals surface area contributed by atoms with E-state index < -0.39 is 10.0 Å². The first-order valence-corrected chi connectivity index (χ1v) is 10.6. The minimum atomic E-state index is -3.57. The van der Waals surface area contributed by atoms with Gasteiger partial charge in [-0.2, -0.15) is 4.31 Å². The summed E-state index contributed by atoms with van der Waals surface area (Å²) in [5.74, 6) is 0.314. The van der Waals surface area contributed by atoms with Crippen LogP contribution in [0.25, 0.3) is 0 Å². The minimum absolute atomic E-state index is 0.0531. The molecule has 24 heavy (non-hydrogen) atoms. The summed E-state index contributed by atoms with van der Waals surface area (Å²) in [6.07, 6.45) is 2.70. The fourth-order valence-corrected chi connectivity index (χ4v) is 6.47. The maximum absolute atomic E-state index is 13.1. The highest BCUT2D eigenvalue weighted by atomic mass is 79.9. The Bertz CT molecular complexity index is 778. The van der Waals surface area contributed by atoms with Gasteiger partial charge in [-0.1, -0.05) is 6.92 Å². The zero-order valence-electron chi connectivity index (χ0n) is 14.3. The zero-order chi connectivity index (χ0) is 17.6. The van der Waals surface area contributed by atoms with Crippen molar-refractivity contribution >= 4 is 37.5 Å². The molecule has 2 aliphatic rings. The van der Waals surface area contributed by atoms with Crippen molar-refractivity contribution in [2.45, 2.75) is 51.0 Å². The molecule has 2 aliphatic heterocycles. The van der Waals surface area contributed by atoms with Gasteiger partial charge in [0.15, 0.2) is 0 Å². The topological polar surface area (TPSA) is 57.7 Å². The molecule has 3 rings (SSSR count). The van der Waals surface area contributed by atoms with E-state index in [4.69, 9.17) is 0 Å². The van der Waals surface area contributed by atoms with Gasteiger partial charge in [0.25, 0.3) is 0 Å². The fourth-order valence-electron chi connectivity index (χ4n) is 3.80. The van der Waals surface area contributed by atoms with Gasteiger partial charge < -0.3 is 4.90 Å². The summed E-state index contributed by atoms with van der Waals surface area (Å²) < 4.78 is 28.4. The van der Waals surface area contributed by atoms with E-state index in [0.717, 1.165) is 30.5 Å². The van der Waals surface area contributed by atoms with Crippen LogP contribution in [0.1, 0.15) is 39.2 Å². The van der Waals surface area contributed by atoms with Crippen LogP contribution in [0, 0.1) is 5.92 Å². The zero-order valence-corrected chi connectivity index (χ0v) is 16.7. The molecule has 1 fully saturated rings. The SMILES string of the molecule is CC(=O)N1c2cc(S(=O)(=O)N3CCC[C@@H](C)C3)c(Br)cc2C[C@@H]1C. The van der Waals surface area contributed by atoms with E-state index in [-0.39, 0.29) is 16.8 Å². The van der Waals surface area contributed by atoms with Crippen LogP contribution in [-0.2, 0) is 21.2 Å². The van der Waals surface area contributed by atoms with Crippen LogP contribution in [-0.4, -0.2) is 37.8 Å². The van der Waals surface area contributed by atoms with Crippen molar-refractivity contribution in [2.75, 3.05) is 18.0 Å². The number of hydrogen-bond donors (Lipinski definition) is 0. The molecule has 2 heterocycles. The van der Waals surface area contributed by atoms with Crippen LogP contribution in [0.2, 0.25) is 0 Å². The lowest BCUT2D eigenvalue weighted by Crippen LogP contribution is -2.39. The van der Waals surface area contributed by atoms with Crippen molar-refractivity contribution in [1.29, 1.82) is 0 Å². The summed E-state index contributed by atoms with van der Waals surface area (Å²) in [4.78, 5) is 13.9. The Hall–Kier alpha value is -0.920. The first-order chi connectivity index (χ1) is 11.2. The van der Waals surface area contributed by atoms with Gasteiger partial charge in [0.05, 0.1) is 4.90 Å². The number of benzene rings is 1. The molecule has 0 spiro atoms.